The molecule has 1 aromatic heterocycles. The van der Waals surface area contributed by atoms with Crippen molar-refractivity contribution in [1.82, 2.24) is 4.98 Å². The number of ether oxygens (including phenoxy) is 1. The van der Waals surface area contributed by atoms with Crippen molar-refractivity contribution in [2.45, 2.75) is 24.7 Å². The van der Waals surface area contributed by atoms with Crippen LogP contribution in [0, 0.1) is 6.92 Å². The molecule has 0 saturated heterocycles. The molecule has 3 aromatic rings. The number of rotatable bonds is 5. The van der Waals surface area contributed by atoms with E-state index in [0.717, 1.165) is 11.1 Å². The van der Waals surface area contributed by atoms with E-state index in [1.54, 1.807) is 55.5 Å². The number of benzene rings is 2. The number of pyridine rings is 1. The van der Waals surface area contributed by atoms with Crippen LogP contribution in [0.1, 0.15) is 24.0 Å². The number of carbonyl (C=O) groups excluding carboxylic acids is 1. The molecular weight excluding hydrogens is 450 g/mol. The first-order chi connectivity index (χ1) is 15.3. The fourth-order valence-corrected chi connectivity index (χ4v) is 5.12. The maximum absolute atomic E-state index is 13.3. The number of aryl methyl sites for hydroxylation is 1. The fraction of sp³-hybridized carbons (Fsp3) is 0.217. The second-order valence-electron chi connectivity index (χ2n) is 7.55. The molecular formula is C23H22ClN3O4S. The normalized spacial score (nSPS) is 14.3. The van der Waals surface area contributed by atoms with Gasteiger partial charge < -0.3 is 10.1 Å². The van der Waals surface area contributed by atoms with Crippen LogP contribution < -0.4 is 14.4 Å². The van der Waals surface area contributed by atoms with Crippen molar-refractivity contribution in [3.8, 4) is 5.88 Å². The second-order valence-corrected chi connectivity index (χ2v) is 9.85. The van der Waals surface area contributed by atoms with E-state index in [4.69, 9.17) is 16.3 Å². The number of amides is 1. The van der Waals surface area contributed by atoms with Crippen molar-refractivity contribution < 1.29 is 17.9 Å². The van der Waals surface area contributed by atoms with E-state index in [-0.39, 0.29) is 35.5 Å². The molecule has 2 aromatic carbocycles. The lowest BCUT2D eigenvalue weighted by Crippen LogP contribution is -2.38. The number of nitrogens with one attached hydrogen (secondary N) is 1. The van der Waals surface area contributed by atoms with Crippen molar-refractivity contribution in [2.24, 2.45) is 0 Å². The molecule has 1 aliphatic rings. The van der Waals surface area contributed by atoms with Crippen LogP contribution in [0.2, 0.25) is 5.02 Å². The van der Waals surface area contributed by atoms with Crippen LogP contribution in [-0.2, 0) is 14.8 Å². The van der Waals surface area contributed by atoms with E-state index < -0.39 is 15.9 Å². The minimum absolute atomic E-state index is 0.142. The third-order valence-corrected chi connectivity index (χ3v) is 7.30. The van der Waals surface area contributed by atoms with Crippen LogP contribution in [-0.4, -0.2) is 32.5 Å². The predicted molar refractivity (Wildman–Crippen MR) is 124 cm³/mol. The Balaban J connectivity index is 1.61. The number of nitrogens with zero attached hydrogens (tertiary/aromatic N) is 2. The summed E-state index contributed by atoms with van der Waals surface area (Å²) >= 11 is 5.92. The van der Waals surface area contributed by atoms with Gasteiger partial charge in [-0.25, -0.2) is 13.4 Å². The van der Waals surface area contributed by atoms with E-state index in [9.17, 15) is 13.2 Å². The van der Waals surface area contributed by atoms with Crippen molar-refractivity contribution in [3.05, 3.63) is 76.9 Å². The van der Waals surface area contributed by atoms with Gasteiger partial charge in [-0.05, 0) is 55.3 Å². The SMILES string of the molecule is Cc1cccc(S(=O)(=O)N2CCOc3ncc(NC(=O)C(C)c4ccc(Cl)cc4)cc32)c1. The van der Waals surface area contributed by atoms with Gasteiger partial charge in [0.1, 0.15) is 12.3 Å². The Morgan fingerprint density at radius 3 is 2.66 bits per heavy atom. The summed E-state index contributed by atoms with van der Waals surface area (Å²) in [6.45, 7) is 3.94. The topological polar surface area (TPSA) is 88.6 Å². The number of anilines is 2. The Labute approximate surface area is 192 Å². The number of carbonyl (C=O) groups is 1. The molecule has 0 saturated carbocycles. The van der Waals surface area contributed by atoms with Crippen molar-refractivity contribution in [2.75, 3.05) is 22.8 Å². The highest BCUT2D eigenvalue weighted by Crippen LogP contribution is 2.36. The third-order valence-electron chi connectivity index (χ3n) is 5.24. The van der Waals surface area contributed by atoms with Crippen molar-refractivity contribution in [3.63, 3.8) is 0 Å². The summed E-state index contributed by atoms with van der Waals surface area (Å²) in [7, 11) is -3.82. The van der Waals surface area contributed by atoms with E-state index in [2.05, 4.69) is 10.3 Å². The molecule has 4 rings (SSSR count). The summed E-state index contributed by atoms with van der Waals surface area (Å²) < 4.78 is 33.4. The summed E-state index contributed by atoms with van der Waals surface area (Å²) in [6.07, 6.45) is 1.45. The highest BCUT2D eigenvalue weighted by molar-refractivity contribution is 7.92. The summed E-state index contributed by atoms with van der Waals surface area (Å²) in [5.41, 5.74) is 2.32. The van der Waals surface area contributed by atoms with Gasteiger partial charge in [-0.15, -0.1) is 0 Å². The van der Waals surface area contributed by atoms with Gasteiger partial charge in [0.15, 0.2) is 0 Å². The van der Waals surface area contributed by atoms with Gasteiger partial charge in [-0.1, -0.05) is 35.9 Å². The van der Waals surface area contributed by atoms with Crippen LogP contribution in [0.25, 0.3) is 0 Å². The standard InChI is InChI=1S/C23H22ClN3O4S/c1-15-4-3-5-20(12-15)32(29,30)27-10-11-31-23-21(27)13-19(14-25-23)26-22(28)16(2)17-6-8-18(24)9-7-17/h3-9,12-14,16H,10-11H2,1-2H3,(H,26,28). The van der Waals surface area contributed by atoms with Gasteiger partial charge in [0.2, 0.25) is 11.8 Å². The van der Waals surface area contributed by atoms with Crippen LogP contribution in [0.3, 0.4) is 0 Å². The molecule has 1 amide bonds. The number of halogens is 1. The molecule has 1 N–H and O–H groups in total. The zero-order valence-corrected chi connectivity index (χ0v) is 19.2. The lowest BCUT2D eigenvalue weighted by atomic mass is 10.0. The molecule has 0 spiro atoms. The van der Waals surface area contributed by atoms with E-state index in [1.807, 2.05) is 13.0 Å². The Kier molecular flexibility index (Phi) is 6.08. The molecule has 1 atom stereocenters. The summed E-state index contributed by atoms with van der Waals surface area (Å²) in [6, 6.07) is 15.3. The van der Waals surface area contributed by atoms with Crippen molar-refractivity contribution in [1.29, 1.82) is 0 Å². The summed E-state index contributed by atoms with van der Waals surface area (Å²) in [5.74, 6) is -0.484. The molecule has 7 nitrogen and oxygen atoms in total. The Morgan fingerprint density at radius 1 is 1.19 bits per heavy atom. The Morgan fingerprint density at radius 2 is 1.94 bits per heavy atom. The monoisotopic (exact) mass is 471 g/mol. The maximum Gasteiger partial charge on any atom is 0.264 e. The van der Waals surface area contributed by atoms with Crippen molar-refractivity contribution >= 4 is 38.9 Å². The molecule has 2 heterocycles. The molecule has 0 bridgehead atoms. The van der Waals surface area contributed by atoms with Gasteiger partial charge >= 0.3 is 0 Å². The van der Waals surface area contributed by atoms with Crippen LogP contribution in [0.5, 0.6) is 5.88 Å². The number of aromatic nitrogens is 1. The van der Waals surface area contributed by atoms with Gasteiger partial charge in [-0.2, -0.15) is 0 Å². The van der Waals surface area contributed by atoms with Crippen LogP contribution in [0.15, 0.2) is 65.7 Å². The number of sulfonamides is 1. The molecule has 1 unspecified atom stereocenters. The van der Waals surface area contributed by atoms with Gasteiger partial charge in [0.05, 0.1) is 29.2 Å². The first-order valence-electron chi connectivity index (χ1n) is 10.0. The highest BCUT2D eigenvalue weighted by atomic mass is 35.5. The molecule has 0 radical (unpaired) electrons. The zero-order chi connectivity index (χ0) is 22.9. The molecule has 9 heteroatoms. The number of fused-ring (bicyclic) bond motifs is 1. The van der Waals surface area contributed by atoms with Gasteiger partial charge in [0, 0.05) is 5.02 Å². The highest BCUT2D eigenvalue weighted by Gasteiger charge is 2.31. The second kappa shape index (κ2) is 8.80. The van der Waals surface area contributed by atoms with E-state index in [1.165, 1.54) is 10.5 Å². The average molecular weight is 472 g/mol. The quantitative estimate of drug-likeness (QED) is 0.596. The average Bonchev–Trinajstić information content (AvgIpc) is 2.78. The fourth-order valence-electron chi connectivity index (χ4n) is 3.45. The number of hydrogen-bond acceptors (Lipinski definition) is 5. The van der Waals surface area contributed by atoms with Crippen LogP contribution >= 0.6 is 11.6 Å². The van der Waals surface area contributed by atoms with Gasteiger partial charge in [-0.3, -0.25) is 9.10 Å². The lowest BCUT2D eigenvalue weighted by Gasteiger charge is -2.30. The molecule has 0 aliphatic carbocycles. The summed E-state index contributed by atoms with van der Waals surface area (Å²) in [5, 5.41) is 3.41. The molecule has 0 fully saturated rings. The Hall–Kier alpha value is -3.10. The predicted octanol–water partition coefficient (Wildman–Crippen LogP) is 4.37. The van der Waals surface area contributed by atoms with Crippen LogP contribution in [0.4, 0.5) is 11.4 Å². The minimum Gasteiger partial charge on any atom is -0.474 e. The first-order valence-corrected chi connectivity index (χ1v) is 11.9. The summed E-state index contributed by atoms with van der Waals surface area (Å²) in [4.78, 5) is 17.2. The largest absolute Gasteiger partial charge is 0.474 e. The smallest absolute Gasteiger partial charge is 0.264 e. The van der Waals surface area contributed by atoms with Gasteiger partial charge in [0.25, 0.3) is 10.0 Å². The first kappa shape index (κ1) is 22.1. The maximum atomic E-state index is 13.3. The molecule has 1 aliphatic heterocycles. The third kappa shape index (κ3) is 4.42. The molecule has 32 heavy (non-hydrogen) atoms. The van der Waals surface area contributed by atoms with E-state index in [0.29, 0.717) is 10.7 Å². The zero-order valence-electron chi connectivity index (χ0n) is 17.6. The lowest BCUT2D eigenvalue weighted by molar-refractivity contribution is -0.117. The Bertz CT molecular complexity index is 1260. The number of hydrogen-bond donors (Lipinski definition) is 1. The van der Waals surface area contributed by atoms with E-state index >= 15 is 0 Å². The molecule has 166 valence electrons. The minimum atomic E-state index is -3.82.